The summed E-state index contributed by atoms with van der Waals surface area (Å²) in [5, 5.41) is 12.1. The van der Waals surface area contributed by atoms with E-state index < -0.39 is 11.9 Å². The zero-order valence-electron chi connectivity index (χ0n) is 14.5. The molecule has 0 saturated carbocycles. The first-order valence-electron chi connectivity index (χ1n) is 8.42. The molecular formula is C18H26N2O4. The molecule has 0 bridgehead atoms. The van der Waals surface area contributed by atoms with E-state index in [1.807, 2.05) is 39.0 Å². The van der Waals surface area contributed by atoms with Gasteiger partial charge in [-0.15, -0.1) is 0 Å². The second-order valence-corrected chi connectivity index (χ2v) is 6.56. The molecule has 0 aliphatic carbocycles. The monoisotopic (exact) mass is 334 g/mol. The molecule has 2 N–H and O–H groups in total. The van der Waals surface area contributed by atoms with Gasteiger partial charge >= 0.3 is 12.0 Å². The Labute approximate surface area is 142 Å². The first kappa shape index (κ1) is 18.1. The number of benzene rings is 1. The molecule has 2 rings (SSSR count). The van der Waals surface area contributed by atoms with Gasteiger partial charge in [0, 0.05) is 13.1 Å². The molecular weight excluding hydrogens is 308 g/mol. The largest absolute Gasteiger partial charge is 0.491 e. The highest BCUT2D eigenvalue weighted by Crippen LogP contribution is 2.28. The van der Waals surface area contributed by atoms with Crippen molar-refractivity contribution in [2.45, 2.75) is 33.6 Å². The van der Waals surface area contributed by atoms with Crippen molar-refractivity contribution in [2.24, 2.45) is 11.8 Å². The van der Waals surface area contributed by atoms with Gasteiger partial charge in [-0.2, -0.15) is 0 Å². The van der Waals surface area contributed by atoms with Crippen molar-refractivity contribution in [3.05, 3.63) is 23.8 Å². The molecule has 1 fully saturated rings. The fraction of sp³-hybridized carbons (Fsp3) is 0.556. The number of amides is 2. The van der Waals surface area contributed by atoms with Gasteiger partial charge in [0.25, 0.3) is 0 Å². The minimum absolute atomic E-state index is 0.166. The minimum Gasteiger partial charge on any atom is -0.491 e. The van der Waals surface area contributed by atoms with Gasteiger partial charge in [0.05, 0.1) is 18.2 Å². The number of hydrogen-bond donors (Lipinski definition) is 2. The Morgan fingerprint density at radius 2 is 2.12 bits per heavy atom. The van der Waals surface area contributed by atoms with Gasteiger partial charge in [-0.3, -0.25) is 4.79 Å². The molecule has 1 aliphatic rings. The number of carboxylic acid groups (broad SMARTS) is 1. The quantitative estimate of drug-likeness (QED) is 0.865. The molecule has 6 heteroatoms. The molecule has 0 spiro atoms. The Balaban J connectivity index is 2.09. The molecule has 1 heterocycles. The summed E-state index contributed by atoms with van der Waals surface area (Å²) >= 11 is 0. The third-order valence-corrected chi connectivity index (χ3v) is 4.14. The summed E-state index contributed by atoms with van der Waals surface area (Å²) in [5.41, 5.74) is 1.67. The summed E-state index contributed by atoms with van der Waals surface area (Å²) < 4.78 is 5.71. The molecule has 1 aromatic carbocycles. The van der Waals surface area contributed by atoms with Crippen molar-refractivity contribution in [2.75, 3.05) is 25.0 Å². The molecule has 6 nitrogen and oxygen atoms in total. The second-order valence-electron chi connectivity index (χ2n) is 6.56. The third-order valence-electron chi connectivity index (χ3n) is 4.14. The van der Waals surface area contributed by atoms with Crippen LogP contribution in [0.15, 0.2) is 18.2 Å². The molecule has 132 valence electrons. The Morgan fingerprint density at radius 1 is 1.38 bits per heavy atom. The van der Waals surface area contributed by atoms with E-state index in [1.165, 1.54) is 0 Å². The van der Waals surface area contributed by atoms with Crippen LogP contribution in [0.3, 0.4) is 0 Å². The molecule has 1 saturated heterocycles. The highest BCUT2D eigenvalue weighted by molar-refractivity contribution is 5.91. The van der Waals surface area contributed by atoms with E-state index in [2.05, 4.69) is 5.32 Å². The van der Waals surface area contributed by atoms with Gasteiger partial charge in [0.2, 0.25) is 0 Å². The van der Waals surface area contributed by atoms with Gasteiger partial charge in [-0.1, -0.05) is 19.9 Å². The third kappa shape index (κ3) is 4.63. The number of anilines is 1. The van der Waals surface area contributed by atoms with Crippen molar-refractivity contribution >= 4 is 17.7 Å². The predicted octanol–water partition coefficient (Wildman–Crippen LogP) is 3.36. The van der Waals surface area contributed by atoms with Crippen LogP contribution in [0.2, 0.25) is 0 Å². The van der Waals surface area contributed by atoms with E-state index in [0.717, 1.165) is 12.0 Å². The summed E-state index contributed by atoms with van der Waals surface area (Å²) in [6.07, 6.45) is 1.49. The molecule has 0 radical (unpaired) electrons. The maximum absolute atomic E-state index is 12.6. The maximum Gasteiger partial charge on any atom is 0.321 e. The highest BCUT2D eigenvalue weighted by Gasteiger charge is 2.32. The lowest BCUT2D eigenvalue weighted by molar-refractivity contribution is -0.143. The highest BCUT2D eigenvalue weighted by atomic mass is 16.5. The Hall–Kier alpha value is -2.24. The second kappa shape index (κ2) is 8.04. The Kier molecular flexibility index (Phi) is 6.06. The number of rotatable bonds is 5. The van der Waals surface area contributed by atoms with Crippen LogP contribution < -0.4 is 10.1 Å². The number of nitrogens with one attached hydrogen (secondary N) is 1. The van der Waals surface area contributed by atoms with Gasteiger partial charge in [0.1, 0.15) is 5.75 Å². The van der Waals surface area contributed by atoms with E-state index in [0.29, 0.717) is 31.0 Å². The van der Waals surface area contributed by atoms with Gasteiger partial charge in [-0.05, 0) is 43.4 Å². The average molecular weight is 334 g/mol. The van der Waals surface area contributed by atoms with E-state index >= 15 is 0 Å². The number of nitrogens with zero attached hydrogens (tertiary/aromatic N) is 1. The van der Waals surface area contributed by atoms with E-state index in [1.54, 1.807) is 4.90 Å². The van der Waals surface area contributed by atoms with Gasteiger partial charge in [0.15, 0.2) is 0 Å². The lowest BCUT2D eigenvalue weighted by atomic mass is 9.91. The lowest BCUT2D eigenvalue weighted by Gasteiger charge is -2.34. The number of carbonyl (C=O) groups excluding carboxylic acids is 1. The zero-order chi connectivity index (χ0) is 17.7. The first-order chi connectivity index (χ1) is 11.4. The minimum atomic E-state index is -0.846. The molecule has 24 heavy (non-hydrogen) atoms. The van der Waals surface area contributed by atoms with Crippen molar-refractivity contribution < 1.29 is 19.4 Å². The number of piperidine rings is 1. The average Bonchev–Trinajstić information content (AvgIpc) is 2.54. The summed E-state index contributed by atoms with van der Waals surface area (Å²) in [6.45, 7) is 7.34. The Bertz CT molecular complexity index is 603. The lowest BCUT2D eigenvalue weighted by Crippen LogP contribution is -2.47. The summed E-state index contributed by atoms with van der Waals surface area (Å²) in [7, 11) is 0. The zero-order valence-corrected chi connectivity index (χ0v) is 14.5. The van der Waals surface area contributed by atoms with Crippen LogP contribution in [-0.4, -0.2) is 41.7 Å². The number of aryl methyl sites for hydroxylation is 1. The van der Waals surface area contributed by atoms with Crippen LogP contribution in [0.4, 0.5) is 10.5 Å². The fourth-order valence-corrected chi connectivity index (χ4v) is 2.95. The SMILES string of the molecule is CCCOc1cc(C)ccc1NC(=O)N1CC(C)CC(C(=O)O)C1. The molecule has 2 atom stereocenters. The number of likely N-dealkylation sites (tertiary alicyclic amines) is 1. The number of urea groups is 1. The van der Waals surface area contributed by atoms with E-state index in [4.69, 9.17) is 4.74 Å². The van der Waals surface area contributed by atoms with Gasteiger partial charge < -0.3 is 20.1 Å². The molecule has 1 aliphatic heterocycles. The number of aliphatic carboxylic acids is 1. The summed E-state index contributed by atoms with van der Waals surface area (Å²) in [4.78, 5) is 25.4. The van der Waals surface area contributed by atoms with Crippen LogP contribution in [-0.2, 0) is 4.79 Å². The normalized spacial score (nSPS) is 20.5. The summed E-state index contributed by atoms with van der Waals surface area (Å²) in [5.74, 6) is -0.542. The van der Waals surface area contributed by atoms with Crippen molar-refractivity contribution in [1.82, 2.24) is 4.90 Å². The fourth-order valence-electron chi connectivity index (χ4n) is 2.95. The van der Waals surface area contributed by atoms with Gasteiger partial charge in [-0.25, -0.2) is 4.79 Å². The smallest absolute Gasteiger partial charge is 0.321 e. The molecule has 2 amide bonds. The first-order valence-corrected chi connectivity index (χ1v) is 8.42. The van der Waals surface area contributed by atoms with Crippen molar-refractivity contribution in [3.8, 4) is 5.75 Å². The number of carbonyl (C=O) groups is 2. The van der Waals surface area contributed by atoms with Crippen LogP contribution in [0.25, 0.3) is 0 Å². The van der Waals surface area contributed by atoms with Crippen LogP contribution in [0.1, 0.15) is 32.3 Å². The maximum atomic E-state index is 12.6. The number of hydrogen-bond acceptors (Lipinski definition) is 3. The molecule has 2 unspecified atom stereocenters. The number of ether oxygens (including phenoxy) is 1. The van der Waals surface area contributed by atoms with E-state index in [9.17, 15) is 14.7 Å². The van der Waals surface area contributed by atoms with Crippen molar-refractivity contribution in [1.29, 1.82) is 0 Å². The Morgan fingerprint density at radius 3 is 2.79 bits per heavy atom. The predicted molar refractivity (Wildman–Crippen MR) is 92.5 cm³/mol. The van der Waals surface area contributed by atoms with Crippen LogP contribution in [0, 0.1) is 18.8 Å². The van der Waals surface area contributed by atoms with Crippen molar-refractivity contribution in [3.63, 3.8) is 0 Å². The molecule has 1 aromatic rings. The summed E-state index contributed by atoms with van der Waals surface area (Å²) in [6, 6.07) is 5.34. The standard InChI is InChI=1S/C18H26N2O4/c1-4-7-24-16-9-12(2)5-6-15(16)19-18(23)20-10-13(3)8-14(11-20)17(21)22/h5-6,9,13-14H,4,7-8,10-11H2,1-3H3,(H,19,23)(H,21,22). The molecule has 0 aromatic heterocycles. The van der Waals surface area contributed by atoms with E-state index in [-0.39, 0.29) is 18.5 Å². The van der Waals surface area contributed by atoms with Crippen LogP contribution >= 0.6 is 0 Å². The topological polar surface area (TPSA) is 78.9 Å². The number of carboxylic acids is 1. The van der Waals surface area contributed by atoms with Crippen LogP contribution in [0.5, 0.6) is 5.75 Å².